The van der Waals surface area contributed by atoms with Crippen molar-refractivity contribution in [1.82, 2.24) is 0 Å². The van der Waals surface area contributed by atoms with Gasteiger partial charge in [0, 0.05) is 0 Å². The number of aliphatic hydroxyl groups excluding tert-OH is 1. The molecule has 0 amide bonds. The molecule has 0 aromatic rings. The van der Waals surface area contributed by atoms with Crippen molar-refractivity contribution >= 4 is 0 Å². The first-order chi connectivity index (χ1) is 9.80. The number of fused-ring (bicyclic) bond motifs is 2. The molecule has 8 heteroatoms. The summed E-state index contributed by atoms with van der Waals surface area (Å²) >= 11 is 0. The Labute approximate surface area is 139 Å². The van der Waals surface area contributed by atoms with Gasteiger partial charge in [0.25, 0.3) is 0 Å². The summed E-state index contributed by atoms with van der Waals surface area (Å²) in [7, 11) is 0. The quantitative estimate of drug-likeness (QED) is 0.525. The van der Waals surface area contributed by atoms with E-state index in [0.717, 1.165) is 6.42 Å². The average molecular weight is 364 g/mol. The largest absolute Gasteiger partial charge is 0.449 e. The van der Waals surface area contributed by atoms with Crippen LogP contribution >= 0.6 is 0 Å². The number of rotatable bonds is 4. The number of hydrogen-bond donors (Lipinski definition) is 3. The molecule has 0 heterocycles. The third kappa shape index (κ3) is 3.42. The molecule has 6 unspecified atom stereocenters. The third-order valence-electron chi connectivity index (χ3n) is 5.84. The van der Waals surface area contributed by atoms with E-state index in [2.05, 4.69) is 6.92 Å². The van der Waals surface area contributed by atoms with E-state index in [4.69, 9.17) is 10.2 Å². The first-order valence-electron chi connectivity index (χ1n) is 7.38. The summed E-state index contributed by atoms with van der Waals surface area (Å²) in [6.07, 6.45) is -7.86. The van der Waals surface area contributed by atoms with Crippen LogP contribution < -0.4 is 0 Å². The number of hydrogen-bond acceptors (Lipinski definition) is 3. The molecule has 3 nitrogen and oxygen atoms in total. The van der Waals surface area contributed by atoms with Crippen LogP contribution in [0.2, 0.25) is 0 Å². The molecule has 0 saturated heterocycles. The Balaban J connectivity index is 0.00000264. The minimum absolute atomic E-state index is 0. The van der Waals surface area contributed by atoms with Crippen molar-refractivity contribution in [2.75, 3.05) is 0 Å². The maximum absolute atomic E-state index is 13.7. The van der Waals surface area contributed by atoms with Crippen LogP contribution in [-0.4, -0.2) is 39.3 Å². The maximum atomic E-state index is 13.7. The molecule has 3 N–H and O–H groups in total. The van der Waals surface area contributed by atoms with Gasteiger partial charge in [-0.25, -0.2) is 0 Å². The van der Waals surface area contributed by atoms with Gasteiger partial charge in [-0.15, -0.1) is 0 Å². The third-order valence-corrected chi connectivity index (χ3v) is 5.84. The second-order valence-electron chi connectivity index (χ2n) is 6.92. The summed E-state index contributed by atoms with van der Waals surface area (Å²) in [6, 6.07) is 0. The lowest BCUT2D eigenvalue weighted by atomic mass is 9.73. The summed E-state index contributed by atoms with van der Waals surface area (Å²) in [5.41, 5.74) is 0. The van der Waals surface area contributed by atoms with Gasteiger partial charge in [-0.05, 0) is 48.9 Å². The summed E-state index contributed by atoms with van der Waals surface area (Å²) in [5.74, 6) is -9.52. The van der Waals surface area contributed by atoms with Gasteiger partial charge in [-0.1, -0.05) is 28.7 Å². The minimum Gasteiger partial charge on any atom is -0.387 e. The summed E-state index contributed by atoms with van der Waals surface area (Å²) in [4.78, 5) is 0. The second kappa shape index (κ2) is 7.03. The molecule has 24 heavy (non-hydrogen) atoms. The van der Waals surface area contributed by atoms with E-state index in [1.807, 2.05) is 6.92 Å². The summed E-state index contributed by atoms with van der Waals surface area (Å²) < 4.78 is 64.5. The van der Waals surface area contributed by atoms with E-state index >= 15 is 0 Å². The molecule has 2 saturated carbocycles. The Morgan fingerprint density at radius 3 is 1.83 bits per heavy atom. The molecule has 0 aromatic heterocycles. The van der Waals surface area contributed by atoms with Gasteiger partial charge < -0.3 is 15.3 Å². The summed E-state index contributed by atoms with van der Waals surface area (Å²) in [5, 5.41) is 27.1. The van der Waals surface area contributed by atoms with Gasteiger partial charge in [-0.3, -0.25) is 0 Å². The van der Waals surface area contributed by atoms with Crippen molar-refractivity contribution in [2.24, 2.45) is 29.6 Å². The normalized spacial score (nSPS) is 34.5. The minimum atomic E-state index is -5.95. The van der Waals surface area contributed by atoms with Crippen LogP contribution in [-0.2, 0) is 0 Å². The van der Waals surface area contributed by atoms with E-state index in [-0.39, 0.29) is 32.6 Å². The Kier molecular flexibility index (Phi) is 6.90. The van der Waals surface area contributed by atoms with Crippen molar-refractivity contribution in [3.8, 4) is 0 Å². The lowest BCUT2D eigenvalue weighted by molar-refractivity contribution is -0.429. The second-order valence-corrected chi connectivity index (χ2v) is 6.92. The smallest absolute Gasteiger partial charge is 0.387 e. The fourth-order valence-electron chi connectivity index (χ4n) is 4.22. The number of aliphatic hydroxyl groups is 3. The van der Waals surface area contributed by atoms with Gasteiger partial charge in [0.15, 0.2) is 0 Å². The van der Waals surface area contributed by atoms with Crippen molar-refractivity contribution < 1.29 is 37.3 Å². The predicted octanol–water partition coefficient (Wildman–Crippen LogP) is 3.82. The van der Waals surface area contributed by atoms with Crippen LogP contribution in [0.4, 0.5) is 22.0 Å². The van der Waals surface area contributed by atoms with E-state index in [1.165, 1.54) is 0 Å². The standard InChI is InChI=1S/C14H21F5O3.2CH4/c1-6-7(2)10-4-8(6)3-9(10)5-11(20)12(15,16)13(21,22)14(17,18)19;;/h6-11,20-22H,3-5H2,1-2H3;2*1H4. The van der Waals surface area contributed by atoms with E-state index in [9.17, 15) is 27.1 Å². The molecule has 2 bridgehead atoms. The number of halogens is 5. The van der Waals surface area contributed by atoms with E-state index in [1.54, 1.807) is 0 Å². The zero-order valence-electron chi connectivity index (χ0n) is 12.3. The molecule has 0 aromatic carbocycles. The lowest BCUT2D eigenvalue weighted by Gasteiger charge is -2.38. The van der Waals surface area contributed by atoms with Crippen LogP contribution in [0.25, 0.3) is 0 Å². The van der Waals surface area contributed by atoms with Gasteiger partial charge in [0.2, 0.25) is 0 Å². The molecular weight excluding hydrogens is 335 g/mol. The monoisotopic (exact) mass is 364 g/mol. The fourth-order valence-corrected chi connectivity index (χ4v) is 4.22. The molecule has 2 aliphatic rings. The topological polar surface area (TPSA) is 60.7 Å². The Morgan fingerprint density at radius 2 is 1.46 bits per heavy atom. The Bertz CT molecular complexity index is 422. The highest BCUT2D eigenvalue weighted by Crippen LogP contribution is 2.57. The molecule has 6 atom stereocenters. The molecule has 0 radical (unpaired) electrons. The highest BCUT2D eigenvalue weighted by atomic mass is 19.4. The van der Waals surface area contributed by atoms with Gasteiger partial charge in [0.05, 0.1) is 0 Å². The molecule has 0 spiro atoms. The van der Waals surface area contributed by atoms with Gasteiger partial charge in [-0.2, -0.15) is 22.0 Å². The SMILES string of the molecule is C.C.CC1C2CC(CC(O)C(F)(F)C(O)(O)C(F)(F)F)C(C2)C1C. The molecule has 0 aliphatic heterocycles. The maximum Gasteiger partial charge on any atom is 0.449 e. The zero-order valence-corrected chi connectivity index (χ0v) is 12.3. The van der Waals surface area contributed by atoms with E-state index in [0.29, 0.717) is 18.3 Å². The molecule has 146 valence electrons. The van der Waals surface area contributed by atoms with E-state index < -0.39 is 30.4 Å². The number of alkyl halides is 5. The van der Waals surface area contributed by atoms with Crippen molar-refractivity contribution in [2.45, 2.75) is 72.0 Å². The predicted molar refractivity (Wildman–Crippen MR) is 80.3 cm³/mol. The highest BCUT2D eigenvalue weighted by molar-refractivity contribution is 5.01. The van der Waals surface area contributed by atoms with Crippen molar-refractivity contribution in [3.05, 3.63) is 0 Å². The van der Waals surface area contributed by atoms with Gasteiger partial charge >= 0.3 is 17.9 Å². The van der Waals surface area contributed by atoms with Crippen LogP contribution in [0.5, 0.6) is 0 Å². The van der Waals surface area contributed by atoms with Crippen LogP contribution in [0.3, 0.4) is 0 Å². The Morgan fingerprint density at radius 1 is 0.958 bits per heavy atom. The van der Waals surface area contributed by atoms with Crippen LogP contribution in [0.1, 0.15) is 48.0 Å². The van der Waals surface area contributed by atoms with Crippen LogP contribution in [0, 0.1) is 29.6 Å². The highest BCUT2D eigenvalue weighted by Gasteiger charge is 2.71. The lowest BCUT2D eigenvalue weighted by Crippen LogP contribution is -2.63. The fraction of sp³-hybridized carbons (Fsp3) is 1.00. The molecular formula is C16H29F5O3. The van der Waals surface area contributed by atoms with Crippen LogP contribution in [0.15, 0.2) is 0 Å². The Hall–Kier alpha value is -0.470. The first kappa shape index (κ1) is 23.5. The first-order valence-corrected chi connectivity index (χ1v) is 7.38. The molecule has 2 aliphatic carbocycles. The zero-order chi connectivity index (χ0) is 17.1. The van der Waals surface area contributed by atoms with Gasteiger partial charge in [0.1, 0.15) is 6.10 Å². The molecule has 2 fully saturated rings. The average Bonchev–Trinajstić information content (AvgIpc) is 2.88. The molecule has 2 rings (SSSR count). The van der Waals surface area contributed by atoms with Crippen molar-refractivity contribution in [1.29, 1.82) is 0 Å². The summed E-state index contributed by atoms with van der Waals surface area (Å²) in [6.45, 7) is 4.04. The van der Waals surface area contributed by atoms with Crippen molar-refractivity contribution in [3.63, 3.8) is 0 Å².